The number of esters is 1. The van der Waals surface area contributed by atoms with E-state index in [0.29, 0.717) is 47.1 Å². The first-order chi connectivity index (χ1) is 20.2. The van der Waals surface area contributed by atoms with Crippen LogP contribution in [0.5, 0.6) is 11.5 Å². The second kappa shape index (κ2) is 15.8. The number of fused-ring (bicyclic) bond motifs is 1. The molecule has 0 saturated carbocycles. The minimum atomic E-state index is -1.16. The number of aryl methyl sites for hydroxylation is 1. The normalized spacial score (nSPS) is 15.3. The Hall–Kier alpha value is -4.04. The van der Waals surface area contributed by atoms with Gasteiger partial charge >= 0.3 is 11.9 Å². The number of carboxylic acids is 1. The van der Waals surface area contributed by atoms with Crippen LogP contribution in [-0.4, -0.2) is 85.1 Å². The van der Waals surface area contributed by atoms with E-state index in [9.17, 15) is 29.6 Å². The van der Waals surface area contributed by atoms with Gasteiger partial charge in [0.1, 0.15) is 25.3 Å². The van der Waals surface area contributed by atoms with Gasteiger partial charge in [-0.15, -0.1) is 10.1 Å². The fourth-order valence-electron chi connectivity index (χ4n) is 4.62. The molecule has 13 nitrogen and oxygen atoms in total. The number of aliphatic carboxylic acids is 1. The number of thioether (sulfide) groups is 1. The van der Waals surface area contributed by atoms with Crippen LogP contribution in [0.4, 0.5) is 5.69 Å². The third-order valence-corrected chi connectivity index (χ3v) is 7.57. The van der Waals surface area contributed by atoms with E-state index in [1.165, 1.54) is 30.9 Å². The van der Waals surface area contributed by atoms with Crippen LogP contribution in [0.1, 0.15) is 24.5 Å². The fourth-order valence-corrected chi connectivity index (χ4v) is 5.21. The summed E-state index contributed by atoms with van der Waals surface area (Å²) in [7, 11) is 2.92. The first kappa shape index (κ1) is 32.5. The number of anilines is 1. The molecule has 2 N–H and O–H groups in total. The van der Waals surface area contributed by atoms with Gasteiger partial charge in [0.15, 0.2) is 11.5 Å². The second-order valence-corrected chi connectivity index (χ2v) is 10.6. The highest BCUT2D eigenvalue weighted by atomic mass is 32.2. The van der Waals surface area contributed by atoms with Gasteiger partial charge in [0.2, 0.25) is 5.91 Å². The Morgan fingerprint density at radius 2 is 1.79 bits per heavy atom. The molecule has 1 heterocycles. The molecule has 3 unspecified atom stereocenters. The molecule has 2 aromatic carbocycles. The summed E-state index contributed by atoms with van der Waals surface area (Å²) in [6.07, 6.45) is 0.949. The van der Waals surface area contributed by atoms with E-state index < -0.39 is 41.1 Å². The van der Waals surface area contributed by atoms with Crippen LogP contribution in [0, 0.1) is 10.1 Å². The summed E-state index contributed by atoms with van der Waals surface area (Å²) in [6, 6.07) is 9.84. The molecule has 0 aliphatic carbocycles. The topological polar surface area (TPSA) is 167 Å². The van der Waals surface area contributed by atoms with Crippen molar-refractivity contribution < 1.29 is 43.6 Å². The van der Waals surface area contributed by atoms with E-state index in [4.69, 9.17) is 14.2 Å². The zero-order valence-electron chi connectivity index (χ0n) is 23.6. The van der Waals surface area contributed by atoms with Crippen molar-refractivity contribution in [3.8, 4) is 11.5 Å². The zero-order valence-corrected chi connectivity index (χ0v) is 24.5. The van der Waals surface area contributed by atoms with Gasteiger partial charge in [-0.1, -0.05) is 30.3 Å². The van der Waals surface area contributed by atoms with Crippen molar-refractivity contribution in [2.24, 2.45) is 0 Å². The molecule has 3 rings (SSSR count). The Morgan fingerprint density at radius 3 is 2.43 bits per heavy atom. The number of carbonyl (C=O) groups is 3. The molecule has 14 heteroatoms. The summed E-state index contributed by atoms with van der Waals surface area (Å²) in [4.78, 5) is 54.7. The number of nitrogens with one attached hydrogen (secondary N) is 1. The fraction of sp³-hybridized carbons (Fsp3) is 0.464. The van der Waals surface area contributed by atoms with Crippen molar-refractivity contribution in [3.05, 3.63) is 63.7 Å². The summed E-state index contributed by atoms with van der Waals surface area (Å²) in [5.74, 6) is -0.698. The van der Waals surface area contributed by atoms with Crippen LogP contribution in [0.3, 0.4) is 0 Å². The van der Waals surface area contributed by atoms with E-state index in [1.807, 2.05) is 30.3 Å². The summed E-state index contributed by atoms with van der Waals surface area (Å²) in [5.41, 5.74) is 2.03. The highest BCUT2D eigenvalue weighted by Crippen LogP contribution is 2.41. The van der Waals surface area contributed by atoms with Crippen LogP contribution >= 0.6 is 11.8 Å². The highest BCUT2D eigenvalue weighted by Gasteiger charge is 2.41. The summed E-state index contributed by atoms with van der Waals surface area (Å²) in [6.45, 7) is 1.58. The van der Waals surface area contributed by atoms with E-state index in [2.05, 4.69) is 10.2 Å². The molecule has 1 aliphatic heterocycles. The maximum absolute atomic E-state index is 13.7. The number of methoxy groups -OCH3 is 2. The van der Waals surface area contributed by atoms with Gasteiger partial charge in [-0.2, -0.15) is 11.8 Å². The van der Waals surface area contributed by atoms with Crippen molar-refractivity contribution in [1.29, 1.82) is 0 Å². The molecule has 0 aromatic heterocycles. The largest absolute Gasteiger partial charge is 0.493 e. The van der Waals surface area contributed by atoms with Crippen molar-refractivity contribution in [2.75, 3.05) is 43.8 Å². The Balaban J connectivity index is 1.72. The molecule has 1 amide bonds. The average Bonchev–Trinajstić information content (AvgIpc) is 3.36. The Bertz CT molecular complexity index is 1250. The average molecular weight is 606 g/mol. The summed E-state index contributed by atoms with van der Waals surface area (Å²) >= 11 is 1.33. The number of hydrogen-bond acceptors (Lipinski definition) is 11. The van der Waals surface area contributed by atoms with Crippen LogP contribution in [0.2, 0.25) is 0 Å². The summed E-state index contributed by atoms with van der Waals surface area (Å²) < 4.78 is 16.2. The second-order valence-electron chi connectivity index (χ2n) is 9.40. The number of carbonyl (C=O) groups excluding carboxylic acids is 2. The molecule has 0 radical (unpaired) electrons. The molecule has 0 spiro atoms. The first-order valence-corrected chi connectivity index (χ1v) is 14.4. The molecule has 0 fully saturated rings. The predicted octanol–water partition coefficient (Wildman–Crippen LogP) is 2.51. The standard InChI is InChI=1S/C28H35N3O10S/c1-18(26(32)30-22-17-25(39-3)24(38-2)16-20(22)15-23(30)27(33)34)29-21(10-9-19-7-5-4-6-8-19)28(35)40-11-13-42-14-12-41-31(36)37/h4-8,16-18,21,23,29H,9-15H2,1-3H3,(H,33,34). The molecule has 42 heavy (non-hydrogen) atoms. The lowest BCUT2D eigenvalue weighted by molar-refractivity contribution is -0.756. The van der Waals surface area contributed by atoms with Gasteiger partial charge in [-0.3, -0.25) is 19.8 Å². The van der Waals surface area contributed by atoms with Crippen molar-refractivity contribution in [3.63, 3.8) is 0 Å². The Morgan fingerprint density at radius 1 is 1.12 bits per heavy atom. The van der Waals surface area contributed by atoms with Crippen LogP contribution in [0.25, 0.3) is 0 Å². The number of amides is 1. The van der Waals surface area contributed by atoms with Crippen LogP contribution < -0.4 is 19.7 Å². The lowest BCUT2D eigenvalue weighted by Crippen LogP contribution is -2.54. The maximum Gasteiger partial charge on any atom is 0.327 e. The number of hydrogen-bond donors (Lipinski definition) is 2. The van der Waals surface area contributed by atoms with Crippen LogP contribution in [0.15, 0.2) is 42.5 Å². The first-order valence-electron chi connectivity index (χ1n) is 13.3. The monoisotopic (exact) mass is 605 g/mol. The van der Waals surface area contributed by atoms with E-state index in [1.54, 1.807) is 19.1 Å². The lowest BCUT2D eigenvalue weighted by Gasteiger charge is -2.28. The molecule has 1 aliphatic rings. The molecule has 3 atom stereocenters. The van der Waals surface area contributed by atoms with Crippen molar-refractivity contribution >= 4 is 35.3 Å². The number of benzene rings is 2. The molecular formula is C28H35N3O10S. The third-order valence-electron chi connectivity index (χ3n) is 6.66. The predicted molar refractivity (Wildman–Crippen MR) is 155 cm³/mol. The van der Waals surface area contributed by atoms with E-state index in [0.717, 1.165) is 5.56 Å². The smallest absolute Gasteiger partial charge is 0.327 e. The third kappa shape index (κ3) is 8.73. The molecular weight excluding hydrogens is 570 g/mol. The SMILES string of the molecule is COc1cc2c(cc1OC)N(C(=O)C(C)NC(CCc1ccccc1)C(=O)OCCSCCO[N+](=O)[O-])C(C(=O)O)C2. The minimum absolute atomic E-state index is 0.0655. The van der Waals surface area contributed by atoms with Crippen molar-refractivity contribution in [1.82, 2.24) is 5.32 Å². The van der Waals surface area contributed by atoms with Gasteiger partial charge in [0.05, 0.1) is 25.9 Å². The lowest BCUT2D eigenvalue weighted by atomic mass is 10.0. The molecule has 0 bridgehead atoms. The minimum Gasteiger partial charge on any atom is -0.493 e. The number of nitrogens with zero attached hydrogens (tertiary/aromatic N) is 2. The van der Waals surface area contributed by atoms with Gasteiger partial charge in [-0.25, -0.2) is 4.79 Å². The zero-order chi connectivity index (χ0) is 30.6. The summed E-state index contributed by atoms with van der Waals surface area (Å²) in [5, 5.41) is 22.4. The molecule has 2 aromatic rings. The highest BCUT2D eigenvalue weighted by molar-refractivity contribution is 7.99. The molecule has 228 valence electrons. The molecule has 0 saturated heterocycles. The van der Waals surface area contributed by atoms with Crippen LogP contribution in [-0.2, 0) is 36.8 Å². The number of rotatable bonds is 17. The van der Waals surface area contributed by atoms with E-state index in [-0.39, 0.29) is 19.6 Å². The Kier molecular flexibility index (Phi) is 12.2. The maximum atomic E-state index is 13.7. The van der Waals surface area contributed by atoms with Gasteiger partial charge < -0.3 is 24.2 Å². The quantitative estimate of drug-likeness (QED) is 0.117. The Labute approximate surface area is 247 Å². The number of carboxylic acid groups (broad SMARTS) is 1. The van der Waals surface area contributed by atoms with Gasteiger partial charge in [0, 0.05) is 24.0 Å². The van der Waals surface area contributed by atoms with Crippen molar-refractivity contribution in [2.45, 2.75) is 44.3 Å². The van der Waals surface area contributed by atoms with Gasteiger partial charge in [0.25, 0.3) is 5.09 Å². The van der Waals surface area contributed by atoms with Gasteiger partial charge in [-0.05, 0) is 37.0 Å². The number of ether oxygens (including phenoxy) is 3. The van der Waals surface area contributed by atoms with E-state index >= 15 is 0 Å².